The molecule has 1 N–H and O–H groups in total. The summed E-state index contributed by atoms with van der Waals surface area (Å²) in [5, 5.41) is 3.42. The van der Waals surface area contributed by atoms with Gasteiger partial charge in [0, 0.05) is 50.7 Å². The zero-order valence-corrected chi connectivity index (χ0v) is 16.7. The number of nitrogens with zero attached hydrogens (tertiary/aromatic N) is 4. The minimum Gasteiger partial charge on any atom is -0.338 e. The van der Waals surface area contributed by atoms with Crippen molar-refractivity contribution in [1.29, 1.82) is 0 Å². The molecule has 1 saturated carbocycles. The van der Waals surface area contributed by atoms with Gasteiger partial charge in [0.05, 0.1) is 0 Å². The molecule has 5 nitrogen and oxygen atoms in total. The molecule has 0 atom stereocenters. The normalized spacial score (nSPS) is 24.6. The minimum absolute atomic E-state index is 0.739. The van der Waals surface area contributed by atoms with Gasteiger partial charge < -0.3 is 10.2 Å². The van der Waals surface area contributed by atoms with E-state index in [1.165, 1.54) is 38.5 Å². The van der Waals surface area contributed by atoms with Crippen LogP contribution in [0, 0.1) is 6.92 Å². The van der Waals surface area contributed by atoms with Crippen LogP contribution in [0.25, 0.3) is 0 Å². The van der Waals surface area contributed by atoms with Gasteiger partial charge in [-0.2, -0.15) is 0 Å². The number of hydrogen-bond donors (Lipinski definition) is 1. The molecule has 0 amide bonds. The molecular formula is C20H37N5. The molecule has 2 heterocycles. The van der Waals surface area contributed by atoms with Gasteiger partial charge in [-0.25, -0.2) is 9.97 Å². The summed E-state index contributed by atoms with van der Waals surface area (Å²) in [7, 11) is 2.09. The molecule has 2 fully saturated rings. The Morgan fingerprint density at radius 1 is 0.960 bits per heavy atom. The molecule has 0 aromatic carbocycles. The fourth-order valence-electron chi connectivity index (χ4n) is 3.57. The second kappa shape index (κ2) is 10.7. The van der Waals surface area contributed by atoms with E-state index in [2.05, 4.69) is 46.0 Å². The lowest BCUT2D eigenvalue weighted by Gasteiger charge is -2.42. The highest BCUT2D eigenvalue weighted by molar-refractivity contribution is 5.30. The van der Waals surface area contributed by atoms with E-state index >= 15 is 0 Å². The zero-order chi connectivity index (χ0) is 18.1. The Labute approximate surface area is 154 Å². The van der Waals surface area contributed by atoms with E-state index in [9.17, 15) is 0 Å². The Bertz CT molecular complexity index is 457. The third-order valence-electron chi connectivity index (χ3n) is 5.49. The minimum atomic E-state index is 0.739. The molecule has 0 bridgehead atoms. The number of unbranched alkanes of at least 4 members (excludes halogenated alkanes) is 1. The van der Waals surface area contributed by atoms with Crippen molar-refractivity contribution in [2.75, 3.05) is 38.1 Å². The first-order valence-corrected chi connectivity index (χ1v) is 10.1. The van der Waals surface area contributed by atoms with Crippen LogP contribution in [0.1, 0.15) is 57.9 Å². The molecular weight excluding hydrogens is 310 g/mol. The average Bonchev–Trinajstić information content (AvgIpc) is 2.69. The van der Waals surface area contributed by atoms with Gasteiger partial charge in [0.25, 0.3) is 0 Å². The molecule has 1 saturated heterocycles. The second-order valence-electron chi connectivity index (χ2n) is 7.38. The monoisotopic (exact) mass is 347 g/mol. The molecule has 1 aliphatic carbocycles. The summed E-state index contributed by atoms with van der Waals surface area (Å²) in [6.07, 6.45) is 11.8. The zero-order valence-electron chi connectivity index (χ0n) is 16.7. The molecule has 0 radical (unpaired) electrons. The molecule has 0 unspecified atom stereocenters. The van der Waals surface area contributed by atoms with Crippen molar-refractivity contribution in [3.05, 3.63) is 18.0 Å². The van der Waals surface area contributed by atoms with Gasteiger partial charge in [-0.1, -0.05) is 26.7 Å². The standard InChI is InChI=1S/C16H27N5.C4H10/c1-13-11-18-16(19-12-13)21-9-7-20(8-10-21)15-5-3-14(17-2)4-6-15;1-3-4-2/h11-12,14-15,17H,3-10H2,1-2H3;3-4H2,1-2H3. The smallest absolute Gasteiger partial charge is 0.225 e. The summed E-state index contributed by atoms with van der Waals surface area (Å²) in [4.78, 5) is 13.9. The first kappa shape index (κ1) is 20.1. The van der Waals surface area contributed by atoms with E-state index in [1.807, 2.05) is 19.3 Å². The summed E-state index contributed by atoms with van der Waals surface area (Å²) in [5.74, 6) is 0.888. The predicted molar refractivity (Wildman–Crippen MR) is 106 cm³/mol. The van der Waals surface area contributed by atoms with Crippen LogP contribution < -0.4 is 10.2 Å². The van der Waals surface area contributed by atoms with E-state index in [0.717, 1.165) is 49.8 Å². The lowest BCUT2D eigenvalue weighted by atomic mass is 9.90. The van der Waals surface area contributed by atoms with Crippen LogP contribution in [0.15, 0.2) is 12.4 Å². The first-order chi connectivity index (χ1) is 12.2. The summed E-state index contributed by atoms with van der Waals surface area (Å²) in [5.41, 5.74) is 1.12. The number of aryl methyl sites for hydroxylation is 1. The molecule has 142 valence electrons. The number of hydrogen-bond acceptors (Lipinski definition) is 5. The van der Waals surface area contributed by atoms with Crippen molar-refractivity contribution in [3.63, 3.8) is 0 Å². The van der Waals surface area contributed by atoms with Crippen molar-refractivity contribution in [2.24, 2.45) is 0 Å². The lowest BCUT2D eigenvalue weighted by Crippen LogP contribution is -2.52. The van der Waals surface area contributed by atoms with E-state index < -0.39 is 0 Å². The molecule has 1 aromatic rings. The number of anilines is 1. The van der Waals surface area contributed by atoms with Gasteiger partial charge in [-0.15, -0.1) is 0 Å². The van der Waals surface area contributed by atoms with Crippen LogP contribution in [-0.4, -0.2) is 60.2 Å². The van der Waals surface area contributed by atoms with Crippen LogP contribution in [0.2, 0.25) is 0 Å². The second-order valence-corrected chi connectivity index (χ2v) is 7.38. The molecule has 1 aliphatic heterocycles. The largest absolute Gasteiger partial charge is 0.338 e. The highest BCUT2D eigenvalue weighted by atomic mass is 15.3. The molecule has 5 heteroatoms. The summed E-state index contributed by atoms with van der Waals surface area (Å²) in [6.45, 7) is 10.8. The van der Waals surface area contributed by atoms with Crippen molar-refractivity contribution in [1.82, 2.24) is 20.2 Å². The van der Waals surface area contributed by atoms with Gasteiger partial charge in [-0.3, -0.25) is 4.90 Å². The Balaban J connectivity index is 0.000000511. The number of rotatable bonds is 4. The van der Waals surface area contributed by atoms with Crippen LogP contribution in [-0.2, 0) is 0 Å². The predicted octanol–water partition coefficient (Wildman–Crippen LogP) is 3.24. The fourth-order valence-corrected chi connectivity index (χ4v) is 3.57. The van der Waals surface area contributed by atoms with Gasteiger partial charge in [0.15, 0.2) is 0 Å². The fraction of sp³-hybridized carbons (Fsp3) is 0.800. The number of nitrogens with one attached hydrogen (secondary N) is 1. The van der Waals surface area contributed by atoms with Gasteiger partial charge in [0.1, 0.15) is 0 Å². The van der Waals surface area contributed by atoms with Crippen LogP contribution in [0.4, 0.5) is 5.95 Å². The van der Waals surface area contributed by atoms with E-state index in [4.69, 9.17) is 0 Å². The van der Waals surface area contributed by atoms with Crippen molar-refractivity contribution >= 4 is 5.95 Å². The SMILES string of the molecule is CCCC.CNC1CCC(N2CCN(c3ncc(C)cn3)CC2)CC1. The van der Waals surface area contributed by atoms with Crippen LogP contribution in [0.5, 0.6) is 0 Å². The molecule has 0 spiro atoms. The number of aromatic nitrogens is 2. The summed E-state index contributed by atoms with van der Waals surface area (Å²) < 4.78 is 0. The maximum absolute atomic E-state index is 4.45. The Morgan fingerprint density at radius 3 is 2.00 bits per heavy atom. The first-order valence-electron chi connectivity index (χ1n) is 10.1. The molecule has 3 rings (SSSR count). The van der Waals surface area contributed by atoms with Crippen molar-refractivity contribution in [2.45, 2.75) is 71.4 Å². The third kappa shape index (κ3) is 6.23. The lowest BCUT2D eigenvalue weighted by molar-refractivity contribution is 0.137. The van der Waals surface area contributed by atoms with Gasteiger partial charge in [0.2, 0.25) is 5.95 Å². The molecule has 2 aliphatic rings. The highest BCUT2D eigenvalue weighted by Crippen LogP contribution is 2.24. The summed E-state index contributed by atoms with van der Waals surface area (Å²) >= 11 is 0. The summed E-state index contributed by atoms with van der Waals surface area (Å²) in [6, 6.07) is 1.53. The Hall–Kier alpha value is -1.20. The van der Waals surface area contributed by atoms with Gasteiger partial charge in [-0.05, 0) is 45.2 Å². The highest BCUT2D eigenvalue weighted by Gasteiger charge is 2.28. The van der Waals surface area contributed by atoms with Crippen LogP contribution >= 0.6 is 0 Å². The Morgan fingerprint density at radius 2 is 1.52 bits per heavy atom. The van der Waals surface area contributed by atoms with Gasteiger partial charge >= 0.3 is 0 Å². The molecule has 25 heavy (non-hydrogen) atoms. The quantitative estimate of drug-likeness (QED) is 0.906. The average molecular weight is 348 g/mol. The Kier molecular flexibility index (Phi) is 8.62. The van der Waals surface area contributed by atoms with E-state index in [0.29, 0.717) is 0 Å². The molecule has 1 aromatic heterocycles. The van der Waals surface area contributed by atoms with E-state index in [-0.39, 0.29) is 0 Å². The number of piperazine rings is 1. The topological polar surface area (TPSA) is 44.3 Å². The van der Waals surface area contributed by atoms with Crippen molar-refractivity contribution < 1.29 is 0 Å². The van der Waals surface area contributed by atoms with Crippen molar-refractivity contribution in [3.8, 4) is 0 Å². The van der Waals surface area contributed by atoms with E-state index in [1.54, 1.807) is 0 Å². The maximum Gasteiger partial charge on any atom is 0.225 e. The maximum atomic E-state index is 4.45. The van der Waals surface area contributed by atoms with Crippen LogP contribution in [0.3, 0.4) is 0 Å². The third-order valence-corrected chi connectivity index (χ3v) is 5.49.